The highest BCUT2D eigenvalue weighted by Crippen LogP contribution is 2.25. The fraction of sp³-hybridized carbons (Fsp3) is 0.435. The van der Waals surface area contributed by atoms with Gasteiger partial charge in [-0.2, -0.15) is 16.1 Å². The monoisotopic (exact) mass is 462 g/mol. The lowest BCUT2D eigenvalue weighted by atomic mass is 9.97. The van der Waals surface area contributed by atoms with E-state index >= 15 is 0 Å². The minimum atomic E-state index is -3.55. The first-order chi connectivity index (χ1) is 14.9. The molecule has 6 nitrogen and oxygen atoms in total. The molecule has 31 heavy (non-hydrogen) atoms. The van der Waals surface area contributed by atoms with Gasteiger partial charge in [0.2, 0.25) is 15.9 Å². The molecule has 0 radical (unpaired) electrons. The number of methoxy groups -OCH3 is 1. The second-order valence-corrected chi connectivity index (χ2v) is 10.7. The molecule has 168 valence electrons. The van der Waals surface area contributed by atoms with Crippen LogP contribution in [0, 0.1) is 12.8 Å². The van der Waals surface area contributed by atoms with Gasteiger partial charge in [-0.25, -0.2) is 8.42 Å². The summed E-state index contributed by atoms with van der Waals surface area (Å²) < 4.78 is 32.2. The summed E-state index contributed by atoms with van der Waals surface area (Å²) in [4.78, 5) is 12.7. The summed E-state index contributed by atoms with van der Waals surface area (Å²) in [6, 6.07) is 14.7. The molecule has 1 heterocycles. The molecule has 0 atom stereocenters. The van der Waals surface area contributed by atoms with Gasteiger partial charge in [0.1, 0.15) is 5.75 Å². The summed E-state index contributed by atoms with van der Waals surface area (Å²) in [5.41, 5.74) is 2.61. The first-order valence-corrected chi connectivity index (χ1v) is 13.1. The van der Waals surface area contributed by atoms with Crippen molar-refractivity contribution < 1.29 is 17.9 Å². The Kier molecular flexibility index (Phi) is 8.40. The molecule has 0 saturated carbocycles. The maximum atomic E-state index is 12.8. The highest BCUT2D eigenvalue weighted by Gasteiger charge is 2.31. The Labute approximate surface area is 189 Å². The zero-order chi connectivity index (χ0) is 22.3. The van der Waals surface area contributed by atoms with E-state index in [1.165, 1.54) is 15.4 Å². The molecule has 1 fully saturated rings. The second-order valence-electron chi connectivity index (χ2n) is 7.62. The predicted molar refractivity (Wildman–Crippen MR) is 125 cm³/mol. The normalized spacial score (nSPS) is 15.5. The SMILES string of the molecule is COc1ccc(S(=O)(=O)N2CCC(C(=O)NCCSCc3ccccc3C)CC2)cc1. The van der Waals surface area contributed by atoms with Crippen LogP contribution in [0.25, 0.3) is 0 Å². The van der Waals surface area contributed by atoms with E-state index in [9.17, 15) is 13.2 Å². The van der Waals surface area contributed by atoms with E-state index in [-0.39, 0.29) is 16.7 Å². The van der Waals surface area contributed by atoms with Crippen molar-refractivity contribution in [2.75, 3.05) is 32.5 Å². The number of hydrogen-bond donors (Lipinski definition) is 1. The van der Waals surface area contributed by atoms with E-state index < -0.39 is 10.0 Å². The number of aryl methyl sites for hydroxylation is 1. The minimum Gasteiger partial charge on any atom is -0.497 e. The van der Waals surface area contributed by atoms with Gasteiger partial charge < -0.3 is 10.1 Å². The Balaban J connectivity index is 1.40. The van der Waals surface area contributed by atoms with Gasteiger partial charge >= 0.3 is 0 Å². The van der Waals surface area contributed by atoms with Gasteiger partial charge in [-0.3, -0.25) is 4.79 Å². The van der Waals surface area contributed by atoms with Crippen molar-refractivity contribution in [2.45, 2.75) is 30.4 Å². The summed E-state index contributed by atoms with van der Waals surface area (Å²) in [6.45, 7) is 3.45. The third kappa shape index (κ3) is 6.24. The molecular formula is C23H30N2O4S2. The maximum Gasteiger partial charge on any atom is 0.243 e. The predicted octanol–water partition coefficient (Wildman–Crippen LogP) is 3.45. The van der Waals surface area contributed by atoms with E-state index in [2.05, 4.69) is 24.4 Å². The van der Waals surface area contributed by atoms with E-state index in [0.29, 0.717) is 38.2 Å². The van der Waals surface area contributed by atoms with E-state index in [0.717, 1.165) is 11.5 Å². The lowest BCUT2D eigenvalue weighted by Crippen LogP contribution is -2.43. The van der Waals surface area contributed by atoms with Gasteiger partial charge in [0.25, 0.3) is 0 Å². The van der Waals surface area contributed by atoms with Crippen LogP contribution in [0.15, 0.2) is 53.4 Å². The molecule has 8 heteroatoms. The van der Waals surface area contributed by atoms with E-state index in [1.54, 1.807) is 43.1 Å². The molecular weight excluding hydrogens is 432 g/mol. The van der Waals surface area contributed by atoms with Crippen LogP contribution in [-0.4, -0.2) is 51.1 Å². The molecule has 2 aromatic rings. The van der Waals surface area contributed by atoms with Crippen LogP contribution in [0.5, 0.6) is 5.75 Å². The summed E-state index contributed by atoms with van der Waals surface area (Å²) in [5.74, 6) is 2.29. The number of sulfonamides is 1. The van der Waals surface area contributed by atoms with Crippen LogP contribution in [0.3, 0.4) is 0 Å². The van der Waals surface area contributed by atoms with Crippen molar-refractivity contribution in [3.63, 3.8) is 0 Å². The number of amides is 1. The number of ether oxygens (including phenoxy) is 1. The third-order valence-electron chi connectivity index (χ3n) is 5.59. The Morgan fingerprint density at radius 2 is 1.81 bits per heavy atom. The van der Waals surface area contributed by atoms with Gasteiger partial charge in [0.05, 0.1) is 12.0 Å². The highest BCUT2D eigenvalue weighted by molar-refractivity contribution is 7.98. The van der Waals surface area contributed by atoms with Crippen molar-refractivity contribution in [3.05, 3.63) is 59.7 Å². The van der Waals surface area contributed by atoms with E-state index in [4.69, 9.17) is 4.74 Å². The Bertz CT molecular complexity index is 969. The molecule has 0 spiro atoms. The number of carbonyl (C=O) groups excluding carboxylic acids is 1. The lowest BCUT2D eigenvalue weighted by molar-refractivity contribution is -0.125. The van der Waals surface area contributed by atoms with Crippen LogP contribution in [0.2, 0.25) is 0 Å². The number of piperidine rings is 1. The molecule has 1 amide bonds. The fourth-order valence-electron chi connectivity index (χ4n) is 3.60. The van der Waals surface area contributed by atoms with Crippen molar-refractivity contribution >= 4 is 27.7 Å². The number of benzene rings is 2. The lowest BCUT2D eigenvalue weighted by Gasteiger charge is -2.30. The summed E-state index contributed by atoms with van der Waals surface area (Å²) >= 11 is 1.80. The van der Waals surface area contributed by atoms with Crippen LogP contribution >= 0.6 is 11.8 Å². The Morgan fingerprint density at radius 3 is 2.45 bits per heavy atom. The number of nitrogens with one attached hydrogen (secondary N) is 1. The van der Waals surface area contributed by atoms with Crippen LogP contribution < -0.4 is 10.1 Å². The molecule has 1 N–H and O–H groups in total. The topological polar surface area (TPSA) is 75.7 Å². The molecule has 1 saturated heterocycles. The number of hydrogen-bond acceptors (Lipinski definition) is 5. The molecule has 1 aliphatic rings. The molecule has 0 bridgehead atoms. The van der Waals surface area contributed by atoms with Crippen molar-refractivity contribution in [2.24, 2.45) is 5.92 Å². The summed E-state index contributed by atoms with van der Waals surface area (Å²) in [7, 11) is -2.00. The summed E-state index contributed by atoms with van der Waals surface area (Å²) in [5, 5.41) is 3.01. The largest absolute Gasteiger partial charge is 0.497 e. The van der Waals surface area contributed by atoms with Gasteiger partial charge in [0.15, 0.2) is 0 Å². The number of nitrogens with zero attached hydrogens (tertiary/aromatic N) is 1. The number of thioether (sulfide) groups is 1. The Morgan fingerprint density at radius 1 is 1.13 bits per heavy atom. The van der Waals surface area contributed by atoms with Gasteiger partial charge in [-0.1, -0.05) is 24.3 Å². The summed E-state index contributed by atoms with van der Waals surface area (Å²) in [6.07, 6.45) is 1.08. The second kappa shape index (κ2) is 11.0. The maximum absolute atomic E-state index is 12.8. The first-order valence-electron chi connectivity index (χ1n) is 10.5. The minimum absolute atomic E-state index is 0.0259. The van der Waals surface area contributed by atoms with Crippen LogP contribution in [-0.2, 0) is 20.6 Å². The molecule has 2 aromatic carbocycles. The molecule has 1 aliphatic heterocycles. The number of rotatable bonds is 9. The zero-order valence-electron chi connectivity index (χ0n) is 18.0. The molecule has 0 aromatic heterocycles. The van der Waals surface area contributed by atoms with Crippen molar-refractivity contribution in [1.29, 1.82) is 0 Å². The van der Waals surface area contributed by atoms with Gasteiger partial charge in [-0.05, 0) is 55.2 Å². The van der Waals surface area contributed by atoms with Crippen molar-refractivity contribution in [3.8, 4) is 5.75 Å². The smallest absolute Gasteiger partial charge is 0.243 e. The standard InChI is InChI=1S/C23H30N2O4S2/c1-18-5-3-4-6-20(18)17-30-16-13-24-23(26)19-11-14-25(15-12-19)31(27,28)22-9-7-21(29-2)8-10-22/h3-10,19H,11-17H2,1-2H3,(H,24,26). The van der Waals surface area contributed by atoms with Crippen LogP contribution in [0.4, 0.5) is 0 Å². The zero-order valence-corrected chi connectivity index (χ0v) is 19.7. The van der Waals surface area contributed by atoms with E-state index in [1.807, 2.05) is 12.1 Å². The molecule has 0 aliphatic carbocycles. The van der Waals surface area contributed by atoms with Gasteiger partial charge in [0, 0.05) is 37.1 Å². The fourth-order valence-corrected chi connectivity index (χ4v) is 6.00. The average molecular weight is 463 g/mol. The van der Waals surface area contributed by atoms with Gasteiger partial charge in [-0.15, -0.1) is 0 Å². The number of carbonyl (C=O) groups is 1. The highest BCUT2D eigenvalue weighted by atomic mass is 32.2. The van der Waals surface area contributed by atoms with Crippen molar-refractivity contribution in [1.82, 2.24) is 9.62 Å². The molecule has 0 unspecified atom stereocenters. The quantitative estimate of drug-likeness (QED) is 0.578. The Hall–Kier alpha value is -2.03. The first kappa shape index (κ1) is 23.6. The average Bonchev–Trinajstić information content (AvgIpc) is 2.80. The van der Waals surface area contributed by atoms with Crippen LogP contribution in [0.1, 0.15) is 24.0 Å². The molecule has 3 rings (SSSR count). The third-order valence-corrected chi connectivity index (χ3v) is 8.51.